The standard InChI is InChI=1S/C12H20N4O.ClH/c1-3-12(7-5-8-13-12)11(17)15-10-6-9-14-16(10)4-2;/h6,9,13H,3-5,7-8H2,1-2H3,(H,15,17);1H. The first-order valence-corrected chi connectivity index (χ1v) is 6.30. The van der Waals surface area contributed by atoms with E-state index >= 15 is 0 Å². The molecule has 2 heterocycles. The molecule has 0 aromatic carbocycles. The topological polar surface area (TPSA) is 59.0 Å². The van der Waals surface area contributed by atoms with Crippen LogP contribution in [0.4, 0.5) is 5.82 Å². The fraction of sp³-hybridized carbons (Fsp3) is 0.667. The van der Waals surface area contributed by atoms with Crippen LogP contribution in [0.15, 0.2) is 12.3 Å². The quantitative estimate of drug-likeness (QED) is 0.879. The van der Waals surface area contributed by atoms with E-state index in [9.17, 15) is 4.79 Å². The van der Waals surface area contributed by atoms with Gasteiger partial charge in [-0.1, -0.05) is 6.92 Å². The molecular weight excluding hydrogens is 252 g/mol. The lowest BCUT2D eigenvalue weighted by molar-refractivity contribution is -0.122. The van der Waals surface area contributed by atoms with Crippen molar-refractivity contribution in [3.8, 4) is 0 Å². The van der Waals surface area contributed by atoms with E-state index in [1.54, 1.807) is 10.9 Å². The van der Waals surface area contributed by atoms with Crippen molar-refractivity contribution in [2.45, 2.75) is 45.2 Å². The van der Waals surface area contributed by atoms with Crippen molar-refractivity contribution in [1.29, 1.82) is 0 Å². The first-order chi connectivity index (χ1) is 8.22. The minimum absolute atomic E-state index is 0. The van der Waals surface area contributed by atoms with Gasteiger partial charge in [-0.3, -0.25) is 4.79 Å². The minimum atomic E-state index is -0.386. The molecule has 5 nitrogen and oxygen atoms in total. The van der Waals surface area contributed by atoms with Gasteiger partial charge in [0.1, 0.15) is 5.82 Å². The van der Waals surface area contributed by atoms with Crippen LogP contribution in [-0.2, 0) is 11.3 Å². The number of carbonyl (C=O) groups is 1. The van der Waals surface area contributed by atoms with Crippen LogP contribution < -0.4 is 10.6 Å². The maximum atomic E-state index is 12.3. The van der Waals surface area contributed by atoms with E-state index in [1.165, 1.54) is 0 Å². The molecule has 2 rings (SSSR count). The zero-order valence-electron chi connectivity index (χ0n) is 10.9. The highest BCUT2D eigenvalue weighted by Crippen LogP contribution is 2.24. The van der Waals surface area contributed by atoms with Gasteiger partial charge in [0.25, 0.3) is 0 Å². The number of rotatable bonds is 4. The van der Waals surface area contributed by atoms with Gasteiger partial charge in [0.05, 0.1) is 11.7 Å². The maximum absolute atomic E-state index is 12.3. The van der Waals surface area contributed by atoms with Gasteiger partial charge in [-0.15, -0.1) is 12.4 Å². The highest BCUT2D eigenvalue weighted by atomic mass is 35.5. The van der Waals surface area contributed by atoms with Gasteiger partial charge in [-0.2, -0.15) is 5.10 Å². The van der Waals surface area contributed by atoms with Crippen molar-refractivity contribution in [1.82, 2.24) is 15.1 Å². The summed E-state index contributed by atoms with van der Waals surface area (Å²) in [5.74, 6) is 0.840. The van der Waals surface area contributed by atoms with Crippen molar-refractivity contribution in [3.05, 3.63) is 12.3 Å². The number of aryl methyl sites for hydroxylation is 1. The number of hydrogen-bond donors (Lipinski definition) is 2. The lowest BCUT2D eigenvalue weighted by Crippen LogP contribution is -2.50. The number of nitrogens with one attached hydrogen (secondary N) is 2. The molecule has 0 saturated carbocycles. The van der Waals surface area contributed by atoms with Gasteiger partial charge in [0.2, 0.25) is 5.91 Å². The van der Waals surface area contributed by atoms with Crippen molar-refractivity contribution < 1.29 is 4.79 Å². The van der Waals surface area contributed by atoms with Crippen LogP contribution in [0.5, 0.6) is 0 Å². The summed E-state index contributed by atoms with van der Waals surface area (Å²) in [6.45, 7) is 5.74. The lowest BCUT2D eigenvalue weighted by Gasteiger charge is -2.26. The van der Waals surface area contributed by atoms with Crippen molar-refractivity contribution in [2.24, 2.45) is 0 Å². The molecule has 1 unspecified atom stereocenters. The second-order valence-electron chi connectivity index (χ2n) is 4.45. The predicted octanol–water partition coefficient (Wildman–Crippen LogP) is 1.80. The SMILES string of the molecule is CCn1nccc1NC(=O)C1(CC)CCCN1.Cl. The second kappa shape index (κ2) is 6.20. The van der Waals surface area contributed by atoms with Crippen molar-refractivity contribution >= 4 is 24.1 Å². The molecule has 1 aromatic heterocycles. The first-order valence-electron chi connectivity index (χ1n) is 6.30. The van der Waals surface area contributed by atoms with Crippen molar-refractivity contribution in [3.63, 3.8) is 0 Å². The van der Waals surface area contributed by atoms with Crippen LogP contribution in [0.1, 0.15) is 33.1 Å². The van der Waals surface area contributed by atoms with E-state index in [4.69, 9.17) is 0 Å². The molecule has 1 atom stereocenters. The van der Waals surface area contributed by atoms with Crippen LogP contribution >= 0.6 is 12.4 Å². The molecule has 1 aliphatic rings. The largest absolute Gasteiger partial charge is 0.309 e. The molecule has 0 aliphatic carbocycles. The Balaban J connectivity index is 0.00000162. The van der Waals surface area contributed by atoms with Crippen LogP contribution in [-0.4, -0.2) is 27.8 Å². The smallest absolute Gasteiger partial charge is 0.245 e. The third-order valence-corrected chi connectivity index (χ3v) is 3.54. The molecule has 1 aliphatic heterocycles. The van der Waals surface area contributed by atoms with Gasteiger partial charge in [0.15, 0.2) is 0 Å². The summed E-state index contributed by atoms with van der Waals surface area (Å²) in [6.07, 6.45) is 4.50. The molecule has 0 radical (unpaired) electrons. The fourth-order valence-corrected chi connectivity index (χ4v) is 2.39. The van der Waals surface area contributed by atoms with Crippen LogP contribution in [0.3, 0.4) is 0 Å². The molecule has 0 bridgehead atoms. The Hall–Kier alpha value is -1.07. The van der Waals surface area contributed by atoms with Crippen molar-refractivity contribution in [2.75, 3.05) is 11.9 Å². The van der Waals surface area contributed by atoms with Crippen LogP contribution in [0.25, 0.3) is 0 Å². The first kappa shape index (κ1) is 15.0. The van der Waals surface area contributed by atoms with Crippen LogP contribution in [0, 0.1) is 0 Å². The molecular formula is C12H21ClN4O. The molecule has 102 valence electrons. The molecule has 0 spiro atoms. The number of aromatic nitrogens is 2. The molecule has 1 saturated heterocycles. The number of amides is 1. The number of nitrogens with zero attached hydrogens (tertiary/aromatic N) is 2. The molecule has 1 aromatic rings. The normalized spacial score (nSPS) is 22.6. The molecule has 1 amide bonds. The highest BCUT2D eigenvalue weighted by Gasteiger charge is 2.39. The van der Waals surface area contributed by atoms with E-state index in [0.717, 1.165) is 38.2 Å². The van der Waals surface area contributed by atoms with Gasteiger partial charge in [-0.05, 0) is 32.7 Å². The van der Waals surface area contributed by atoms with Crippen LogP contribution in [0.2, 0.25) is 0 Å². The molecule has 2 N–H and O–H groups in total. The summed E-state index contributed by atoms with van der Waals surface area (Å²) in [7, 11) is 0. The Labute approximate surface area is 114 Å². The summed E-state index contributed by atoms with van der Waals surface area (Å²) >= 11 is 0. The Kier molecular flexibility index (Phi) is 5.16. The van der Waals surface area contributed by atoms with E-state index in [-0.39, 0.29) is 23.9 Å². The van der Waals surface area contributed by atoms with E-state index in [1.807, 2.05) is 13.0 Å². The number of carbonyl (C=O) groups excluding carboxylic acids is 1. The monoisotopic (exact) mass is 272 g/mol. The summed E-state index contributed by atoms with van der Waals surface area (Å²) < 4.78 is 1.79. The summed E-state index contributed by atoms with van der Waals surface area (Å²) in [4.78, 5) is 12.3. The fourth-order valence-electron chi connectivity index (χ4n) is 2.39. The predicted molar refractivity (Wildman–Crippen MR) is 74.0 cm³/mol. The summed E-state index contributed by atoms with van der Waals surface area (Å²) in [5, 5.41) is 10.4. The summed E-state index contributed by atoms with van der Waals surface area (Å²) in [6, 6.07) is 1.83. The van der Waals surface area contributed by atoms with E-state index < -0.39 is 0 Å². The Morgan fingerprint density at radius 1 is 1.61 bits per heavy atom. The minimum Gasteiger partial charge on any atom is -0.309 e. The van der Waals surface area contributed by atoms with Gasteiger partial charge >= 0.3 is 0 Å². The zero-order valence-corrected chi connectivity index (χ0v) is 11.7. The Morgan fingerprint density at radius 2 is 2.39 bits per heavy atom. The molecule has 1 fully saturated rings. The second-order valence-corrected chi connectivity index (χ2v) is 4.45. The number of anilines is 1. The average molecular weight is 273 g/mol. The maximum Gasteiger partial charge on any atom is 0.245 e. The number of hydrogen-bond acceptors (Lipinski definition) is 3. The lowest BCUT2D eigenvalue weighted by atomic mass is 9.93. The molecule has 6 heteroatoms. The number of halogens is 1. The van der Waals surface area contributed by atoms with Gasteiger partial charge in [0, 0.05) is 12.6 Å². The van der Waals surface area contributed by atoms with E-state index in [2.05, 4.69) is 22.7 Å². The third-order valence-electron chi connectivity index (χ3n) is 3.54. The highest BCUT2D eigenvalue weighted by molar-refractivity contribution is 5.97. The van der Waals surface area contributed by atoms with Gasteiger partial charge < -0.3 is 10.6 Å². The Bertz CT molecular complexity index is 399. The zero-order chi connectivity index (χ0) is 12.3. The average Bonchev–Trinajstić information content (AvgIpc) is 2.97. The molecule has 18 heavy (non-hydrogen) atoms. The third kappa shape index (κ3) is 2.67. The van der Waals surface area contributed by atoms with Gasteiger partial charge in [-0.25, -0.2) is 4.68 Å². The Morgan fingerprint density at radius 3 is 2.94 bits per heavy atom. The van der Waals surface area contributed by atoms with E-state index in [0.29, 0.717) is 0 Å². The summed E-state index contributed by atoms with van der Waals surface area (Å²) in [5.41, 5.74) is -0.386.